The number of carboxylic acid groups (broad SMARTS) is 1. The molecule has 1 heterocycles. The number of nitrogens with two attached hydrogens (primary N) is 1. The third-order valence-corrected chi connectivity index (χ3v) is 10.2. The molecule has 2 fully saturated rings. The van der Waals surface area contributed by atoms with E-state index in [9.17, 15) is 41.5 Å². The number of ether oxygens (including phenoxy) is 1. The lowest BCUT2D eigenvalue weighted by atomic mass is 9.75. The van der Waals surface area contributed by atoms with Gasteiger partial charge in [-0.3, -0.25) is 9.59 Å². The van der Waals surface area contributed by atoms with Crippen LogP contribution >= 0.6 is 0 Å². The van der Waals surface area contributed by atoms with Crippen LogP contribution in [-0.4, -0.2) is 48.0 Å². The zero-order valence-corrected chi connectivity index (χ0v) is 22.9. The number of carboxylic acids is 1. The van der Waals surface area contributed by atoms with Crippen LogP contribution in [0.2, 0.25) is 0 Å². The molecule has 0 aliphatic heterocycles. The number of carbonyl (C=O) groups is 2. The Labute approximate surface area is 228 Å². The molecule has 2 aromatic rings. The van der Waals surface area contributed by atoms with Gasteiger partial charge in [0.05, 0.1) is 39.7 Å². The van der Waals surface area contributed by atoms with E-state index >= 15 is 0 Å². The van der Waals surface area contributed by atoms with Crippen molar-refractivity contribution in [3.63, 3.8) is 0 Å². The van der Waals surface area contributed by atoms with Gasteiger partial charge >= 0.3 is 12.1 Å². The standard InChI is InChI=1S/C26H28F3N3O7S/c1-12(2)38-20-8-16(9-25(20,23(34)35)19-10-24(19,11-30)22(31)33)40(36,37)18-6-5-15(7-17(18)26(27,28)29)21-13(3)32-39-14(21)4/h5-7,12,16,19-20H,8-10H2,1-4H3,(H2,31,33)(H,34,35)/t16-,19?,20+,24?,25+/m0/s1. The maximum absolute atomic E-state index is 14.3. The second kappa shape index (κ2) is 9.59. The molecule has 14 heteroatoms. The molecule has 1 aromatic heterocycles. The van der Waals surface area contributed by atoms with E-state index in [-0.39, 0.29) is 17.7 Å². The second-order valence-electron chi connectivity index (χ2n) is 10.7. The maximum Gasteiger partial charge on any atom is 0.417 e. The summed E-state index contributed by atoms with van der Waals surface area (Å²) in [6.45, 7) is 6.22. The molecule has 0 radical (unpaired) electrons. The van der Waals surface area contributed by atoms with Gasteiger partial charge < -0.3 is 20.1 Å². The number of benzene rings is 1. The van der Waals surface area contributed by atoms with Gasteiger partial charge in [0, 0.05) is 11.5 Å². The number of primary amides is 1. The van der Waals surface area contributed by atoms with Crippen LogP contribution in [0.25, 0.3) is 11.1 Å². The number of hydrogen-bond acceptors (Lipinski definition) is 8. The molecule has 0 saturated heterocycles. The summed E-state index contributed by atoms with van der Waals surface area (Å²) in [6, 6.07) is 4.53. The van der Waals surface area contributed by atoms with Gasteiger partial charge in [0.2, 0.25) is 5.91 Å². The summed E-state index contributed by atoms with van der Waals surface area (Å²) in [5, 5.41) is 22.2. The predicted octanol–water partition coefficient (Wildman–Crippen LogP) is 3.79. The first kappa shape index (κ1) is 29.5. The molecule has 216 valence electrons. The molecule has 40 heavy (non-hydrogen) atoms. The molecule has 2 saturated carbocycles. The first-order valence-corrected chi connectivity index (χ1v) is 14.0. The van der Waals surface area contributed by atoms with Gasteiger partial charge in [-0.2, -0.15) is 18.4 Å². The van der Waals surface area contributed by atoms with E-state index in [4.69, 9.17) is 15.0 Å². The van der Waals surface area contributed by atoms with Crippen LogP contribution in [0.4, 0.5) is 13.2 Å². The minimum Gasteiger partial charge on any atom is -0.481 e. The Kier molecular flexibility index (Phi) is 7.08. The van der Waals surface area contributed by atoms with Gasteiger partial charge in [0.25, 0.3) is 0 Å². The van der Waals surface area contributed by atoms with Gasteiger partial charge in [-0.05, 0) is 64.7 Å². The number of aliphatic carboxylic acids is 1. The summed E-state index contributed by atoms with van der Waals surface area (Å²) in [5.41, 5.74) is 0.762. The lowest BCUT2D eigenvalue weighted by molar-refractivity contribution is -0.163. The number of nitrogens with zero attached hydrogens (tertiary/aromatic N) is 2. The number of carbonyl (C=O) groups excluding carboxylic acids is 1. The number of hydrogen-bond donors (Lipinski definition) is 2. The summed E-state index contributed by atoms with van der Waals surface area (Å²) in [4.78, 5) is 23.9. The van der Waals surface area contributed by atoms with Crippen molar-refractivity contribution >= 4 is 21.7 Å². The van der Waals surface area contributed by atoms with Crippen molar-refractivity contribution in [3.05, 3.63) is 35.2 Å². The van der Waals surface area contributed by atoms with E-state index in [0.717, 1.165) is 6.07 Å². The molecule has 3 N–H and O–H groups in total. The molecule has 2 aliphatic rings. The summed E-state index contributed by atoms with van der Waals surface area (Å²) in [7, 11) is -4.80. The fraction of sp³-hybridized carbons (Fsp3) is 0.538. The van der Waals surface area contributed by atoms with Crippen molar-refractivity contribution in [3.8, 4) is 17.2 Å². The van der Waals surface area contributed by atoms with Gasteiger partial charge in [0.1, 0.15) is 16.6 Å². The molecule has 0 bridgehead atoms. The lowest BCUT2D eigenvalue weighted by Gasteiger charge is -2.33. The number of aryl methyl sites for hydroxylation is 2. The zero-order chi connectivity index (χ0) is 30.0. The number of nitriles is 1. The molecule has 2 aliphatic carbocycles. The summed E-state index contributed by atoms with van der Waals surface area (Å²) in [5.74, 6) is -3.49. The minimum absolute atomic E-state index is 0.0492. The summed E-state index contributed by atoms with van der Waals surface area (Å²) < 4.78 is 81.4. The monoisotopic (exact) mass is 583 g/mol. The first-order chi connectivity index (χ1) is 18.4. The average Bonchev–Trinajstić information content (AvgIpc) is 3.35. The highest BCUT2D eigenvalue weighted by Crippen LogP contribution is 2.67. The molecule has 0 spiro atoms. The Bertz CT molecular complexity index is 1510. The first-order valence-electron chi connectivity index (χ1n) is 12.4. The number of aromatic nitrogens is 1. The van der Waals surface area contributed by atoms with E-state index in [1.54, 1.807) is 19.9 Å². The Morgan fingerprint density at radius 3 is 2.38 bits per heavy atom. The normalized spacial score (nSPS) is 28.4. The predicted molar refractivity (Wildman–Crippen MR) is 132 cm³/mol. The van der Waals surface area contributed by atoms with Crippen LogP contribution in [0.5, 0.6) is 0 Å². The fourth-order valence-corrected chi connectivity index (χ4v) is 8.11. The Hall–Kier alpha value is -3.44. The number of rotatable bonds is 8. The van der Waals surface area contributed by atoms with E-state index in [0.29, 0.717) is 17.3 Å². The van der Waals surface area contributed by atoms with Crippen molar-refractivity contribution in [1.82, 2.24) is 5.16 Å². The van der Waals surface area contributed by atoms with E-state index in [1.807, 2.05) is 0 Å². The van der Waals surface area contributed by atoms with Crippen LogP contribution in [0.15, 0.2) is 27.6 Å². The fourth-order valence-electron chi connectivity index (χ4n) is 6.09. The smallest absolute Gasteiger partial charge is 0.417 e. The van der Waals surface area contributed by atoms with Gasteiger partial charge in [0.15, 0.2) is 9.84 Å². The lowest BCUT2D eigenvalue weighted by Crippen LogP contribution is -2.45. The highest BCUT2D eigenvalue weighted by atomic mass is 32.2. The van der Waals surface area contributed by atoms with Crippen molar-refractivity contribution in [2.45, 2.75) is 75.5 Å². The van der Waals surface area contributed by atoms with Crippen LogP contribution < -0.4 is 5.73 Å². The maximum atomic E-state index is 14.3. The second-order valence-corrected chi connectivity index (χ2v) is 12.9. The SMILES string of the molecule is Cc1noc(C)c1-c1ccc(S(=O)(=O)[C@H]2C[C@@H](OC(C)C)[C@](C(=O)O)(C3CC3(C#N)C(N)=O)C2)c(C(F)(F)F)c1. The highest BCUT2D eigenvalue weighted by Gasteiger charge is 2.75. The van der Waals surface area contributed by atoms with Gasteiger partial charge in [-0.15, -0.1) is 0 Å². The Morgan fingerprint density at radius 1 is 1.27 bits per heavy atom. The molecule has 1 amide bonds. The molecule has 2 unspecified atom stereocenters. The summed E-state index contributed by atoms with van der Waals surface area (Å²) in [6.07, 6.45) is -8.31. The van der Waals surface area contributed by atoms with Crippen molar-refractivity contribution in [2.24, 2.45) is 22.5 Å². The van der Waals surface area contributed by atoms with Crippen molar-refractivity contribution < 1.29 is 45.5 Å². The number of amides is 1. The Balaban J connectivity index is 1.84. The number of alkyl halides is 3. The molecular formula is C26H28F3N3O7S. The largest absolute Gasteiger partial charge is 0.481 e. The molecular weight excluding hydrogens is 555 g/mol. The van der Waals surface area contributed by atoms with E-state index in [1.165, 1.54) is 19.9 Å². The van der Waals surface area contributed by atoms with Gasteiger partial charge in [-0.25, -0.2) is 8.42 Å². The molecule has 4 rings (SSSR count). The summed E-state index contributed by atoms with van der Waals surface area (Å²) >= 11 is 0. The van der Waals surface area contributed by atoms with Crippen LogP contribution in [-0.2, 0) is 30.3 Å². The molecule has 5 atom stereocenters. The third-order valence-electron chi connectivity index (χ3n) is 8.03. The zero-order valence-electron chi connectivity index (χ0n) is 22.1. The van der Waals surface area contributed by atoms with Crippen LogP contribution in [0.3, 0.4) is 0 Å². The molecule has 1 aromatic carbocycles. The van der Waals surface area contributed by atoms with Crippen LogP contribution in [0, 0.1) is 41.9 Å². The van der Waals surface area contributed by atoms with Gasteiger partial charge in [-0.1, -0.05) is 11.2 Å². The van der Waals surface area contributed by atoms with E-state index in [2.05, 4.69) is 5.16 Å². The highest BCUT2D eigenvalue weighted by molar-refractivity contribution is 7.92. The quantitative estimate of drug-likeness (QED) is 0.469. The number of halogens is 3. The third kappa shape index (κ3) is 4.45. The Morgan fingerprint density at radius 2 is 1.93 bits per heavy atom. The van der Waals surface area contributed by atoms with E-state index < -0.39 is 85.4 Å². The number of sulfone groups is 1. The molecule has 10 nitrogen and oxygen atoms in total. The average molecular weight is 584 g/mol. The van der Waals surface area contributed by atoms with Crippen LogP contribution in [0.1, 0.15) is 50.1 Å². The van der Waals surface area contributed by atoms with Crippen molar-refractivity contribution in [1.29, 1.82) is 5.26 Å². The minimum atomic E-state index is -5.08. The topological polar surface area (TPSA) is 174 Å². The van der Waals surface area contributed by atoms with Crippen molar-refractivity contribution in [2.75, 3.05) is 0 Å².